The van der Waals surface area contributed by atoms with Gasteiger partial charge in [0.05, 0.1) is 49.6 Å². The molecule has 11 nitrogen and oxygen atoms in total. The van der Waals surface area contributed by atoms with Crippen LogP contribution in [0.1, 0.15) is 12.6 Å². The highest BCUT2D eigenvalue weighted by atomic mass is 19.1. The van der Waals surface area contributed by atoms with E-state index in [1.54, 1.807) is 29.4 Å². The summed E-state index contributed by atoms with van der Waals surface area (Å²) in [6, 6.07) is 6.39. The number of cyclic esters (lactones) is 1. The number of halogens is 1. The topological polar surface area (TPSA) is 131 Å². The second kappa shape index (κ2) is 8.84. The summed E-state index contributed by atoms with van der Waals surface area (Å²) in [6.45, 7) is 2.29. The number of ether oxygens (including phenoxy) is 1. The number of nitriles is 1. The van der Waals surface area contributed by atoms with Gasteiger partial charge in [0.15, 0.2) is 0 Å². The van der Waals surface area contributed by atoms with Crippen molar-refractivity contribution >= 4 is 17.7 Å². The molecule has 1 unspecified atom stereocenters. The first kappa shape index (κ1) is 21.0. The van der Waals surface area contributed by atoms with E-state index in [0.717, 1.165) is 0 Å². The first-order chi connectivity index (χ1) is 15.4. The molecule has 1 aliphatic heterocycles. The zero-order valence-electron chi connectivity index (χ0n) is 17.1. The summed E-state index contributed by atoms with van der Waals surface area (Å²) in [5.41, 5.74) is 1.60. The van der Waals surface area contributed by atoms with Crippen LogP contribution in [0.15, 0.2) is 36.9 Å². The lowest BCUT2D eigenvalue weighted by molar-refractivity contribution is -0.119. The number of imidazole rings is 1. The summed E-state index contributed by atoms with van der Waals surface area (Å²) >= 11 is 0. The van der Waals surface area contributed by atoms with E-state index in [1.165, 1.54) is 28.6 Å². The molecule has 1 fully saturated rings. The van der Waals surface area contributed by atoms with Crippen molar-refractivity contribution in [2.75, 3.05) is 18.0 Å². The van der Waals surface area contributed by atoms with Crippen LogP contribution in [-0.4, -0.2) is 55.7 Å². The quantitative estimate of drug-likeness (QED) is 0.588. The maximum atomic E-state index is 14.8. The first-order valence-corrected chi connectivity index (χ1v) is 9.73. The van der Waals surface area contributed by atoms with E-state index in [0.29, 0.717) is 23.6 Å². The van der Waals surface area contributed by atoms with Gasteiger partial charge in [0, 0.05) is 18.7 Å². The normalized spacial score (nSPS) is 15.5. The van der Waals surface area contributed by atoms with Gasteiger partial charge in [0.2, 0.25) is 5.91 Å². The Morgan fingerprint density at radius 2 is 2.25 bits per heavy atom. The number of hydrogen-bond acceptors (Lipinski definition) is 7. The largest absolute Gasteiger partial charge is 0.442 e. The molecular weight excluding hydrogens is 419 g/mol. The zero-order chi connectivity index (χ0) is 22.7. The summed E-state index contributed by atoms with van der Waals surface area (Å²) in [5, 5.41) is 19.4. The molecule has 0 aliphatic carbocycles. The highest BCUT2D eigenvalue weighted by Crippen LogP contribution is 2.28. The molecule has 0 spiro atoms. The molecule has 2 amide bonds. The highest BCUT2D eigenvalue weighted by molar-refractivity contribution is 5.90. The second-order valence-electron chi connectivity index (χ2n) is 7.21. The molecule has 3 aromatic rings. The fourth-order valence-electron chi connectivity index (χ4n) is 3.30. The van der Waals surface area contributed by atoms with E-state index in [4.69, 9.17) is 10.00 Å². The minimum absolute atomic E-state index is 0.190. The smallest absolute Gasteiger partial charge is 0.414 e. The number of benzene rings is 1. The van der Waals surface area contributed by atoms with Gasteiger partial charge in [-0.25, -0.2) is 18.9 Å². The third kappa shape index (κ3) is 4.56. The van der Waals surface area contributed by atoms with Gasteiger partial charge in [-0.05, 0) is 18.2 Å². The van der Waals surface area contributed by atoms with Crippen molar-refractivity contribution in [3.8, 4) is 17.3 Å². The first-order valence-electron chi connectivity index (χ1n) is 9.73. The Labute approximate surface area is 182 Å². The number of carbonyl (C=O) groups excluding carboxylic acids is 2. The molecule has 0 bridgehead atoms. The lowest BCUT2D eigenvalue weighted by Crippen LogP contribution is -2.33. The van der Waals surface area contributed by atoms with Crippen LogP contribution in [0.5, 0.6) is 0 Å². The van der Waals surface area contributed by atoms with Crippen LogP contribution in [0.25, 0.3) is 11.3 Å². The van der Waals surface area contributed by atoms with Crippen molar-refractivity contribution in [1.82, 2.24) is 29.9 Å². The average Bonchev–Trinajstić information content (AvgIpc) is 3.48. The molecule has 3 heterocycles. The van der Waals surface area contributed by atoms with Gasteiger partial charge in [-0.15, -0.1) is 5.10 Å². The minimum atomic E-state index is -0.603. The van der Waals surface area contributed by atoms with E-state index in [9.17, 15) is 14.0 Å². The van der Waals surface area contributed by atoms with Crippen LogP contribution >= 0.6 is 0 Å². The van der Waals surface area contributed by atoms with Crippen LogP contribution < -0.4 is 10.2 Å². The van der Waals surface area contributed by atoms with E-state index in [1.807, 2.05) is 6.07 Å². The number of carbonyl (C=O) groups is 2. The summed E-state index contributed by atoms with van der Waals surface area (Å²) < 4.78 is 23.2. The lowest BCUT2D eigenvalue weighted by atomic mass is 10.1. The number of hydrogen-bond donors (Lipinski definition) is 1. The SMILES string of the molecule is CC(=O)NCC1CN(c2ccc(-c3cn(Cc4cn(CC#N)cn4)nn3)c(F)c2)C(=O)O1. The minimum Gasteiger partial charge on any atom is -0.442 e. The molecule has 1 aliphatic rings. The number of anilines is 1. The van der Waals surface area contributed by atoms with E-state index in [-0.39, 0.29) is 31.1 Å². The van der Waals surface area contributed by atoms with Gasteiger partial charge in [0.25, 0.3) is 0 Å². The van der Waals surface area contributed by atoms with E-state index >= 15 is 0 Å². The van der Waals surface area contributed by atoms with Crippen molar-refractivity contribution < 1.29 is 18.7 Å². The van der Waals surface area contributed by atoms with Crippen LogP contribution in [0.2, 0.25) is 0 Å². The Morgan fingerprint density at radius 1 is 1.41 bits per heavy atom. The summed E-state index contributed by atoms with van der Waals surface area (Å²) in [7, 11) is 0. The number of amides is 2. The van der Waals surface area contributed by atoms with Crippen molar-refractivity contribution in [3.05, 3.63) is 48.4 Å². The predicted octanol–water partition coefficient (Wildman–Crippen LogP) is 1.31. The van der Waals surface area contributed by atoms with Crippen molar-refractivity contribution in [3.63, 3.8) is 0 Å². The van der Waals surface area contributed by atoms with Crippen LogP contribution in [0, 0.1) is 17.1 Å². The molecule has 4 rings (SSSR count). The molecule has 12 heteroatoms. The number of nitrogens with zero attached hydrogens (tertiary/aromatic N) is 7. The maximum Gasteiger partial charge on any atom is 0.414 e. The van der Waals surface area contributed by atoms with Gasteiger partial charge in [-0.1, -0.05) is 5.21 Å². The Bertz CT molecular complexity index is 1200. The van der Waals surface area contributed by atoms with Gasteiger partial charge >= 0.3 is 6.09 Å². The predicted molar refractivity (Wildman–Crippen MR) is 109 cm³/mol. The molecule has 1 aromatic carbocycles. The lowest BCUT2D eigenvalue weighted by Gasteiger charge is -2.14. The summed E-state index contributed by atoms with van der Waals surface area (Å²) in [6.07, 6.45) is 3.77. The van der Waals surface area contributed by atoms with Gasteiger partial charge < -0.3 is 14.6 Å². The van der Waals surface area contributed by atoms with E-state index in [2.05, 4.69) is 20.6 Å². The molecule has 0 saturated carbocycles. The van der Waals surface area contributed by atoms with Crippen LogP contribution in [0.4, 0.5) is 14.9 Å². The standard InChI is InChI=1S/C20H19FN8O3/c1-13(30)23-7-16-10-29(20(31)32-16)15-2-3-17(18(21)6-15)19-11-28(26-25-19)9-14-8-27(5-4-22)12-24-14/h2-3,6,8,11-12,16H,5,7,9-10H2,1H3,(H,23,30). The molecule has 164 valence electrons. The Hall–Kier alpha value is -4.27. The zero-order valence-corrected chi connectivity index (χ0v) is 17.1. The Balaban J connectivity index is 1.45. The number of rotatable bonds is 7. The fraction of sp³-hybridized carbons (Fsp3) is 0.300. The van der Waals surface area contributed by atoms with Gasteiger partial charge in [-0.2, -0.15) is 5.26 Å². The van der Waals surface area contributed by atoms with E-state index < -0.39 is 18.0 Å². The third-order valence-electron chi connectivity index (χ3n) is 4.80. The number of aromatic nitrogens is 5. The Morgan fingerprint density at radius 3 is 3.00 bits per heavy atom. The monoisotopic (exact) mass is 438 g/mol. The summed E-state index contributed by atoms with van der Waals surface area (Å²) in [5.74, 6) is -0.788. The van der Waals surface area contributed by atoms with Crippen molar-refractivity contribution in [1.29, 1.82) is 5.26 Å². The van der Waals surface area contributed by atoms with Crippen LogP contribution in [-0.2, 0) is 22.6 Å². The molecular formula is C20H19FN8O3. The molecule has 1 saturated heterocycles. The molecule has 1 N–H and O–H groups in total. The molecule has 2 aromatic heterocycles. The molecule has 1 atom stereocenters. The highest BCUT2D eigenvalue weighted by Gasteiger charge is 2.32. The van der Waals surface area contributed by atoms with Crippen LogP contribution in [0.3, 0.4) is 0 Å². The second-order valence-corrected chi connectivity index (χ2v) is 7.21. The molecule has 0 radical (unpaired) electrons. The number of nitrogens with one attached hydrogen (secondary N) is 1. The third-order valence-corrected chi connectivity index (χ3v) is 4.80. The summed E-state index contributed by atoms with van der Waals surface area (Å²) in [4.78, 5) is 28.7. The maximum absolute atomic E-state index is 14.8. The van der Waals surface area contributed by atoms with Crippen molar-refractivity contribution in [2.24, 2.45) is 0 Å². The fourth-order valence-corrected chi connectivity index (χ4v) is 3.30. The van der Waals surface area contributed by atoms with Crippen molar-refractivity contribution in [2.45, 2.75) is 26.1 Å². The average molecular weight is 438 g/mol. The molecule has 32 heavy (non-hydrogen) atoms. The van der Waals surface area contributed by atoms with Gasteiger partial charge in [-0.3, -0.25) is 9.69 Å². The Kier molecular flexibility index (Phi) is 5.80. The van der Waals surface area contributed by atoms with Gasteiger partial charge in [0.1, 0.15) is 24.2 Å².